The number of nitrogens with zero attached hydrogens (tertiary/aromatic N) is 2. The Morgan fingerprint density at radius 2 is 1.64 bits per heavy atom. The number of thiazole rings is 1. The molecule has 1 heterocycles. The molecule has 0 aliphatic rings. The second-order valence-electron chi connectivity index (χ2n) is 8.85. The minimum absolute atomic E-state index is 0.0986. The van der Waals surface area contributed by atoms with Crippen LogP contribution < -0.4 is 10.6 Å². The first-order valence-electron chi connectivity index (χ1n) is 12.4. The van der Waals surface area contributed by atoms with Gasteiger partial charge in [-0.1, -0.05) is 65.7 Å². The zero-order chi connectivity index (χ0) is 29.6. The molecule has 0 radical (unpaired) electrons. The van der Waals surface area contributed by atoms with Crippen LogP contribution in [0, 0.1) is 10.1 Å². The molecular weight excluding hydrogens is 615 g/mol. The maximum atomic E-state index is 13.6. The molecule has 4 aromatic carbocycles. The number of halogens is 2. The zero-order valence-electron chi connectivity index (χ0n) is 21.5. The highest BCUT2D eigenvalue weighted by molar-refractivity contribution is 8.00. The van der Waals surface area contributed by atoms with Gasteiger partial charge in [0.1, 0.15) is 5.25 Å². The van der Waals surface area contributed by atoms with Gasteiger partial charge in [-0.05, 0) is 48.0 Å². The molecule has 8 nitrogen and oxygen atoms in total. The highest BCUT2D eigenvalue weighted by Crippen LogP contribution is 2.38. The Balaban J connectivity index is 1.32. The molecule has 0 aliphatic carbocycles. The molecule has 5 aromatic rings. The molecule has 1 atom stereocenters. The molecule has 2 amide bonds. The van der Waals surface area contributed by atoms with Crippen molar-refractivity contribution in [2.75, 3.05) is 10.6 Å². The summed E-state index contributed by atoms with van der Waals surface area (Å²) in [6.07, 6.45) is 0. The van der Waals surface area contributed by atoms with Crippen LogP contribution in [0.25, 0.3) is 11.3 Å². The molecule has 0 bridgehead atoms. The van der Waals surface area contributed by atoms with Crippen molar-refractivity contribution in [2.24, 2.45) is 0 Å². The van der Waals surface area contributed by atoms with Crippen molar-refractivity contribution in [1.29, 1.82) is 0 Å². The highest BCUT2D eigenvalue weighted by atomic mass is 35.5. The highest BCUT2D eigenvalue weighted by Gasteiger charge is 2.24. The largest absolute Gasteiger partial charge is 0.322 e. The van der Waals surface area contributed by atoms with Crippen LogP contribution in [0.3, 0.4) is 0 Å². The molecule has 5 rings (SSSR count). The first-order chi connectivity index (χ1) is 20.3. The van der Waals surface area contributed by atoms with E-state index in [2.05, 4.69) is 15.6 Å². The van der Waals surface area contributed by atoms with E-state index < -0.39 is 16.1 Å². The Kier molecular flexibility index (Phi) is 9.19. The standard InChI is InChI=1S/C30H20Cl2N4O4S2/c31-24-14-11-20(15-25(24)32)26-17-41-30(34-26)35-29(38)27(18-5-2-1-3-6-18)42-23-8-4-7-21(16-23)33-28(37)19-9-12-22(13-10-19)36(39)40/h1-17,27H,(H,33,37)(H,34,35,38). The van der Waals surface area contributed by atoms with Gasteiger partial charge in [-0.2, -0.15) is 0 Å². The molecule has 0 saturated carbocycles. The van der Waals surface area contributed by atoms with Gasteiger partial charge in [0, 0.05) is 39.2 Å². The van der Waals surface area contributed by atoms with Gasteiger partial charge in [0.15, 0.2) is 5.13 Å². The summed E-state index contributed by atoms with van der Waals surface area (Å²) in [6.45, 7) is 0. The lowest BCUT2D eigenvalue weighted by Gasteiger charge is -2.17. The van der Waals surface area contributed by atoms with Crippen molar-refractivity contribution in [3.8, 4) is 11.3 Å². The van der Waals surface area contributed by atoms with Crippen LogP contribution >= 0.6 is 46.3 Å². The monoisotopic (exact) mass is 634 g/mol. The van der Waals surface area contributed by atoms with Crippen molar-refractivity contribution in [3.05, 3.63) is 134 Å². The number of benzene rings is 4. The number of thioether (sulfide) groups is 1. The number of rotatable bonds is 9. The van der Waals surface area contributed by atoms with Crippen LogP contribution in [0.15, 0.2) is 107 Å². The van der Waals surface area contributed by atoms with Crippen molar-refractivity contribution in [1.82, 2.24) is 4.98 Å². The van der Waals surface area contributed by atoms with E-state index in [1.807, 2.05) is 47.8 Å². The van der Waals surface area contributed by atoms with E-state index in [-0.39, 0.29) is 17.2 Å². The Morgan fingerprint density at radius 1 is 0.881 bits per heavy atom. The smallest absolute Gasteiger partial charge is 0.269 e. The third-order valence-electron chi connectivity index (χ3n) is 5.98. The minimum Gasteiger partial charge on any atom is -0.322 e. The minimum atomic E-state index is -0.621. The summed E-state index contributed by atoms with van der Waals surface area (Å²) in [5.74, 6) is -0.674. The number of hydrogen-bond acceptors (Lipinski definition) is 7. The van der Waals surface area contributed by atoms with Crippen LogP contribution in [0.1, 0.15) is 21.2 Å². The number of nitro benzene ring substituents is 1. The molecule has 0 saturated heterocycles. The van der Waals surface area contributed by atoms with Crippen LogP contribution in [0.2, 0.25) is 10.0 Å². The van der Waals surface area contributed by atoms with Gasteiger partial charge >= 0.3 is 0 Å². The topological polar surface area (TPSA) is 114 Å². The predicted octanol–water partition coefficient (Wildman–Crippen LogP) is 8.75. The van der Waals surface area contributed by atoms with Crippen molar-refractivity contribution in [2.45, 2.75) is 10.1 Å². The van der Waals surface area contributed by atoms with Crippen LogP contribution in [0.4, 0.5) is 16.5 Å². The van der Waals surface area contributed by atoms with Gasteiger partial charge in [-0.15, -0.1) is 23.1 Å². The van der Waals surface area contributed by atoms with Gasteiger partial charge in [0.2, 0.25) is 5.91 Å². The number of carbonyl (C=O) groups is 2. The Bertz CT molecular complexity index is 1770. The van der Waals surface area contributed by atoms with Gasteiger partial charge < -0.3 is 10.6 Å². The molecule has 0 spiro atoms. The van der Waals surface area contributed by atoms with Gasteiger partial charge in [-0.25, -0.2) is 4.98 Å². The third kappa shape index (κ3) is 7.15. The van der Waals surface area contributed by atoms with E-state index in [1.165, 1.54) is 47.4 Å². The van der Waals surface area contributed by atoms with E-state index in [0.717, 1.165) is 16.0 Å². The quantitative estimate of drug-likeness (QED) is 0.0951. The van der Waals surface area contributed by atoms with E-state index in [0.29, 0.717) is 26.6 Å². The first-order valence-corrected chi connectivity index (χ1v) is 14.9. The number of hydrogen-bond donors (Lipinski definition) is 2. The van der Waals surface area contributed by atoms with Crippen LogP contribution in [0.5, 0.6) is 0 Å². The molecule has 1 unspecified atom stereocenters. The summed E-state index contributed by atoms with van der Waals surface area (Å²) < 4.78 is 0. The number of nitro groups is 1. The van der Waals surface area contributed by atoms with E-state index in [1.54, 1.807) is 30.3 Å². The van der Waals surface area contributed by atoms with Crippen LogP contribution in [-0.4, -0.2) is 21.7 Å². The normalized spacial score (nSPS) is 11.5. The Morgan fingerprint density at radius 3 is 2.36 bits per heavy atom. The summed E-state index contributed by atoms with van der Waals surface area (Å²) in [7, 11) is 0. The zero-order valence-corrected chi connectivity index (χ0v) is 24.6. The maximum Gasteiger partial charge on any atom is 0.269 e. The summed E-state index contributed by atoms with van der Waals surface area (Å²) in [5.41, 5.74) is 2.93. The van der Waals surface area contributed by atoms with Gasteiger partial charge in [-0.3, -0.25) is 19.7 Å². The lowest BCUT2D eigenvalue weighted by Crippen LogP contribution is -2.19. The molecule has 210 valence electrons. The summed E-state index contributed by atoms with van der Waals surface area (Å²) in [4.78, 5) is 42.0. The number of amides is 2. The molecule has 0 fully saturated rings. The lowest BCUT2D eigenvalue weighted by molar-refractivity contribution is -0.384. The molecule has 1 aromatic heterocycles. The van der Waals surface area contributed by atoms with Gasteiger partial charge in [0.25, 0.3) is 11.6 Å². The van der Waals surface area contributed by atoms with E-state index >= 15 is 0 Å². The summed E-state index contributed by atoms with van der Waals surface area (Å²) in [5, 5.41) is 19.1. The molecule has 2 N–H and O–H groups in total. The average molecular weight is 636 g/mol. The van der Waals surface area contributed by atoms with Crippen molar-refractivity contribution in [3.63, 3.8) is 0 Å². The van der Waals surface area contributed by atoms with Crippen LogP contribution in [-0.2, 0) is 4.79 Å². The average Bonchev–Trinajstić information content (AvgIpc) is 3.46. The Labute approximate surface area is 258 Å². The fourth-order valence-electron chi connectivity index (χ4n) is 3.91. The molecule has 12 heteroatoms. The first kappa shape index (κ1) is 29.3. The number of nitrogens with one attached hydrogen (secondary N) is 2. The molecular formula is C30H20Cl2N4O4S2. The van der Waals surface area contributed by atoms with Crippen molar-refractivity contribution < 1.29 is 14.5 Å². The second-order valence-corrected chi connectivity index (χ2v) is 11.7. The number of carbonyl (C=O) groups excluding carboxylic acids is 2. The number of non-ortho nitro benzene ring substituents is 1. The fraction of sp³-hybridized carbons (Fsp3) is 0.0333. The maximum absolute atomic E-state index is 13.6. The lowest BCUT2D eigenvalue weighted by atomic mass is 10.1. The molecule has 0 aliphatic heterocycles. The SMILES string of the molecule is O=C(Nc1cccc(SC(C(=O)Nc2nc(-c3ccc(Cl)c(Cl)c3)cs2)c2ccccc2)c1)c1ccc([N+](=O)[O-])cc1. The number of anilines is 2. The fourth-order valence-corrected chi connectivity index (χ4v) is 6.02. The molecule has 42 heavy (non-hydrogen) atoms. The predicted molar refractivity (Wildman–Crippen MR) is 169 cm³/mol. The summed E-state index contributed by atoms with van der Waals surface area (Å²) in [6, 6.07) is 27.1. The van der Waals surface area contributed by atoms with Gasteiger partial charge in [0.05, 0.1) is 20.7 Å². The van der Waals surface area contributed by atoms with Crippen molar-refractivity contribution >= 4 is 74.6 Å². The number of aromatic nitrogens is 1. The summed E-state index contributed by atoms with van der Waals surface area (Å²) >= 11 is 14.8. The second kappa shape index (κ2) is 13.2. The van der Waals surface area contributed by atoms with E-state index in [4.69, 9.17) is 23.2 Å². The van der Waals surface area contributed by atoms with E-state index in [9.17, 15) is 19.7 Å². The third-order valence-corrected chi connectivity index (χ3v) is 8.72. The Hall–Kier alpha value is -4.22.